The van der Waals surface area contributed by atoms with Gasteiger partial charge in [0.1, 0.15) is 19.3 Å². The summed E-state index contributed by atoms with van der Waals surface area (Å²) in [4.78, 5) is 72.3. The first kappa shape index (κ1) is 90.1. The predicted octanol–water partition coefficient (Wildman–Crippen LogP) is 21.0. The van der Waals surface area contributed by atoms with Crippen molar-refractivity contribution in [2.24, 2.45) is 17.8 Å². The first-order chi connectivity index (χ1) is 44.3. The Bertz CT molecular complexity index is 1800. The highest BCUT2D eigenvalue weighted by molar-refractivity contribution is 7.47. The van der Waals surface area contributed by atoms with Gasteiger partial charge in [-0.15, -0.1) is 0 Å². The highest BCUT2D eigenvalue weighted by atomic mass is 31.2. The largest absolute Gasteiger partial charge is 0.472 e. The van der Waals surface area contributed by atoms with Crippen LogP contribution in [-0.4, -0.2) is 96.7 Å². The Balaban J connectivity index is 5.14. The van der Waals surface area contributed by atoms with Crippen LogP contribution >= 0.6 is 15.6 Å². The Hall–Kier alpha value is -1.94. The Kier molecular flexibility index (Phi) is 62.4. The number of aliphatic hydroxyl groups excluding tert-OH is 1. The van der Waals surface area contributed by atoms with Crippen molar-refractivity contribution < 1.29 is 80.2 Å². The fourth-order valence-electron chi connectivity index (χ4n) is 11.0. The molecule has 0 amide bonds. The molecule has 92 heavy (non-hydrogen) atoms. The van der Waals surface area contributed by atoms with Gasteiger partial charge in [0.2, 0.25) is 0 Å². The van der Waals surface area contributed by atoms with E-state index in [9.17, 15) is 43.2 Å². The zero-order valence-electron chi connectivity index (χ0n) is 60.0. The number of unbranched alkanes of at least 4 members (excludes halogenated alkanes) is 38. The number of phosphoric acid groups is 2. The van der Waals surface area contributed by atoms with E-state index in [-0.39, 0.29) is 25.7 Å². The maximum absolute atomic E-state index is 13.1. The third-order valence-corrected chi connectivity index (χ3v) is 19.1. The van der Waals surface area contributed by atoms with Crippen LogP contribution < -0.4 is 0 Å². The minimum absolute atomic E-state index is 0.102. The van der Waals surface area contributed by atoms with Crippen LogP contribution in [0.5, 0.6) is 0 Å². The number of phosphoric ester groups is 2. The smallest absolute Gasteiger partial charge is 0.462 e. The molecule has 6 atom stereocenters. The highest BCUT2D eigenvalue weighted by Crippen LogP contribution is 2.45. The minimum atomic E-state index is -4.95. The molecule has 19 heteroatoms. The summed E-state index contributed by atoms with van der Waals surface area (Å²) < 4.78 is 68.1. The first-order valence-corrected chi connectivity index (χ1v) is 40.9. The number of rotatable bonds is 71. The standard InChI is InChI=1S/C73H142O17P2/c1-8-10-11-37-47-54-70(75)83-60-68(89-73(78)57-50-43-36-30-32-39-45-52-65(5)6)62-87-91(79,80)85-58-67(74)59-86-92(81,82)88-63-69(61-84-71(76)55-48-41-34-28-24-20-17-16-19-23-27-33-40-46-53-66(7)9-2)90-72(77)56-49-42-35-29-25-21-15-13-12-14-18-22-26-31-38-44-51-64(3)4/h64-69,74H,8-63H2,1-7H3,(H,79,80)(H,81,82)/t66?,67-,68+,69+/m0/s1. The first-order valence-electron chi connectivity index (χ1n) is 37.9. The topological polar surface area (TPSA) is 237 Å². The van der Waals surface area contributed by atoms with Gasteiger partial charge in [-0.05, 0) is 43.4 Å². The van der Waals surface area contributed by atoms with Crippen LogP contribution in [0.15, 0.2) is 0 Å². The molecular formula is C73H142O17P2. The summed E-state index contributed by atoms with van der Waals surface area (Å²) in [5.41, 5.74) is 0. The van der Waals surface area contributed by atoms with Crippen molar-refractivity contribution in [3.8, 4) is 0 Å². The van der Waals surface area contributed by atoms with E-state index in [1.54, 1.807) is 0 Å². The molecule has 0 aromatic rings. The third kappa shape index (κ3) is 65.4. The lowest BCUT2D eigenvalue weighted by Gasteiger charge is -2.21. The Morgan fingerprint density at radius 1 is 0.315 bits per heavy atom. The molecule has 0 aliphatic carbocycles. The van der Waals surface area contributed by atoms with Crippen LogP contribution in [-0.2, 0) is 65.4 Å². The lowest BCUT2D eigenvalue weighted by Crippen LogP contribution is -2.30. The Labute approximate surface area is 562 Å². The van der Waals surface area contributed by atoms with Crippen LogP contribution in [0.2, 0.25) is 0 Å². The summed E-state index contributed by atoms with van der Waals surface area (Å²) in [6.45, 7) is 11.8. The van der Waals surface area contributed by atoms with Gasteiger partial charge in [0.15, 0.2) is 12.2 Å². The van der Waals surface area contributed by atoms with Crippen LogP contribution in [0.1, 0.15) is 370 Å². The van der Waals surface area contributed by atoms with Gasteiger partial charge in [-0.25, -0.2) is 9.13 Å². The number of ether oxygens (including phenoxy) is 4. The maximum Gasteiger partial charge on any atom is 0.472 e. The minimum Gasteiger partial charge on any atom is -0.462 e. The lowest BCUT2D eigenvalue weighted by atomic mass is 9.99. The Morgan fingerprint density at radius 2 is 0.554 bits per heavy atom. The van der Waals surface area contributed by atoms with Crippen LogP contribution in [0.25, 0.3) is 0 Å². The molecule has 0 radical (unpaired) electrons. The quantitative estimate of drug-likeness (QED) is 0.0222. The van der Waals surface area contributed by atoms with E-state index in [1.165, 1.54) is 173 Å². The molecule has 0 aliphatic heterocycles. The van der Waals surface area contributed by atoms with Crippen molar-refractivity contribution >= 4 is 39.5 Å². The fraction of sp³-hybridized carbons (Fsp3) is 0.945. The summed E-state index contributed by atoms with van der Waals surface area (Å²) in [6, 6.07) is 0. The average Bonchev–Trinajstić information content (AvgIpc) is 2.82. The van der Waals surface area contributed by atoms with Crippen molar-refractivity contribution in [2.45, 2.75) is 388 Å². The molecule has 17 nitrogen and oxygen atoms in total. The number of hydrogen-bond acceptors (Lipinski definition) is 15. The number of hydrogen-bond donors (Lipinski definition) is 3. The van der Waals surface area contributed by atoms with Crippen LogP contribution in [0.4, 0.5) is 0 Å². The van der Waals surface area contributed by atoms with Crippen molar-refractivity contribution in [3.05, 3.63) is 0 Å². The van der Waals surface area contributed by atoms with E-state index in [2.05, 4.69) is 48.5 Å². The number of esters is 4. The second-order valence-electron chi connectivity index (χ2n) is 27.5. The molecule has 0 aromatic heterocycles. The zero-order chi connectivity index (χ0) is 68.0. The SMILES string of the molecule is CCCCCCCC(=O)OC[C@H](COP(=O)(O)OC[C@H](O)COP(=O)(O)OC[C@@H](COC(=O)CCCCCCCCCCCCCCCCC(C)CC)OC(=O)CCCCCCCCCCCCCCCCCCC(C)C)OC(=O)CCCCCCCCCC(C)C. The van der Waals surface area contributed by atoms with E-state index in [0.29, 0.717) is 31.6 Å². The van der Waals surface area contributed by atoms with Gasteiger partial charge in [0, 0.05) is 25.7 Å². The maximum atomic E-state index is 13.1. The van der Waals surface area contributed by atoms with Crippen molar-refractivity contribution in [1.29, 1.82) is 0 Å². The van der Waals surface area contributed by atoms with E-state index < -0.39 is 97.5 Å². The molecule has 0 saturated heterocycles. The van der Waals surface area contributed by atoms with Gasteiger partial charge in [0.25, 0.3) is 0 Å². The number of carbonyl (C=O) groups excluding carboxylic acids is 4. The zero-order valence-corrected chi connectivity index (χ0v) is 61.8. The van der Waals surface area contributed by atoms with E-state index in [4.69, 9.17) is 37.0 Å². The van der Waals surface area contributed by atoms with Gasteiger partial charge in [-0.1, -0.05) is 318 Å². The Morgan fingerprint density at radius 3 is 0.826 bits per heavy atom. The molecule has 546 valence electrons. The molecular weight excluding hydrogens is 1210 g/mol. The molecule has 0 bridgehead atoms. The van der Waals surface area contributed by atoms with Gasteiger partial charge in [0.05, 0.1) is 26.4 Å². The van der Waals surface area contributed by atoms with Crippen molar-refractivity contribution in [1.82, 2.24) is 0 Å². The normalized spacial score (nSPS) is 14.4. The number of aliphatic hydroxyl groups is 1. The molecule has 0 fully saturated rings. The average molecular weight is 1350 g/mol. The summed E-state index contributed by atoms with van der Waals surface area (Å²) in [5, 5.41) is 10.6. The van der Waals surface area contributed by atoms with Gasteiger partial charge in [-0.3, -0.25) is 37.3 Å². The monoisotopic (exact) mass is 1350 g/mol. The van der Waals surface area contributed by atoms with Crippen molar-refractivity contribution in [2.75, 3.05) is 39.6 Å². The molecule has 3 N–H and O–H groups in total. The van der Waals surface area contributed by atoms with Crippen molar-refractivity contribution in [3.63, 3.8) is 0 Å². The molecule has 0 rings (SSSR count). The van der Waals surface area contributed by atoms with Gasteiger partial charge >= 0.3 is 39.5 Å². The summed E-state index contributed by atoms with van der Waals surface area (Å²) in [6.07, 6.45) is 49.1. The molecule has 3 unspecified atom stereocenters. The highest BCUT2D eigenvalue weighted by Gasteiger charge is 2.30. The summed E-state index contributed by atoms with van der Waals surface area (Å²) in [7, 11) is -9.89. The van der Waals surface area contributed by atoms with Gasteiger partial charge in [-0.2, -0.15) is 0 Å². The summed E-state index contributed by atoms with van der Waals surface area (Å²) >= 11 is 0. The predicted molar refractivity (Wildman–Crippen MR) is 372 cm³/mol. The second kappa shape index (κ2) is 63.8. The second-order valence-corrected chi connectivity index (χ2v) is 30.4. The lowest BCUT2D eigenvalue weighted by molar-refractivity contribution is -0.161. The van der Waals surface area contributed by atoms with Crippen LogP contribution in [0, 0.1) is 17.8 Å². The number of carbonyl (C=O) groups is 4. The van der Waals surface area contributed by atoms with Crippen LogP contribution in [0.3, 0.4) is 0 Å². The van der Waals surface area contributed by atoms with Gasteiger partial charge < -0.3 is 33.8 Å². The van der Waals surface area contributed by atoms with E-state index >= 15 is 0 Å². The molecule has 0 saturated carbocycles. The van der Waals surface area contributed by atoms with E-state index in [1.807, 2.05) is 0 Å². The molecule has 0 heterocycles. The molecule has 0 aromatic carbocycles. The third-order valence-electron chi connectivity index (χ3n) is 17.2. The fourth-order valence-corrected chi connectivity index (χ4v) is 12.6. The van der Waals surface area contributed by atoms with E-state index in [0.717, 1.165) is 108 Å². The molecule has 0 aliphatic rings. The molecule has 0 spiro atoms. The summed E-state index contributed by atoms with van der Waals surface area (Å²) in [5.74, 6) is 0.220.